The number of carbonyl (C=O) groups is 1. The fourth-order valence-corrected chi connectivity index (χ4v) is 4.75. The van der Waals surface area contributed by atoms with E-state index in [1.807, 2.05) is 0 Å². The van der Waals surface area contributed by atoms with E-state index in [-0.39, 0.29) is 22.6 Å². The van der Waals surface area contributed by atoms with Crippen molar-refractivity contribution in [3.8, 4) is 23.0 Å². The van der Waals surface area contributed by atoms with Gasteiger partial charge >= 0.3 is 5.97 Å². The van der Waals surface area contributed by atoms with Crippen LogP contribution in [0.5, 0.6) is 11.5 Å². The quantitative estimate of drug-likeness (QED) is 0.144. The highest BCUT2D eigenvalue weighted by Crippen LogP contribution is 2.37. The molecule has 12 heteroatoms. The van der Waals surface area contributed by atoms with E-state index in [9.17, 15) is 9.90 Å². The summed E-state index contributed by atoms with van der Waals surface area (Å²) in [7, 11) is 1.49. The van der Waals surface area contributed by atoms with Crippen molar-refractivity contribution in [3.05, 3.63) is 90.2 Å². The van der Waals surface area contributed by atoms with Crippen molar-refractivity contribution in [1.29, 1.82) is 0 Å². The van der Waals surface area contributed by atoms with Crippen LogP contribution in [0.3, 0.4) is 0 Å². The topological polar surface area (TPSA) is 94.7 Å². The molecule has 0 unspecified atom stereocenters. The fourth-order valence-electron chi connectivity index (χ4n) is 3.06. The summed E-state index contributed by atoms with van der Waals surface area (Å²) in [6.45, 7) is 0.178. The first kappa shape index (κ1) is 27.3. The summed E-state index contributed by atoms with van der Waals surface area (Å²) < 4.78 is 17.6. The molecule has 0 aliphatic heterocycles. The standard InChI is InChI=1S/C25H16BrCl3N2O5S/c1-34-20-8-15(18(26)11-21(20)35-12-14-4-7-17(28)10-19(14)29)9-22(24(32)33)37-25-31-30-23(36-25)13-2-5-16(27)6-3-13/h2-11H,12H2,1H3,(H,32,33)/b22-9-. The minimum atomic E-state index is -1.17. The number of carboxylic acids is 1. The van der Waals surface area contributed by atoms with Gasteiger partial charge in [0, 0.05) is 30.7 Å². The van der Waals surface area contributed by atoms with Crippen LogP contribution < -0.4 is 9.47 Å². The van der Waals surface area contributed by atoms with E-state index >= 15 is 0 Å². The Morgan fingerprint density at radius 3 is 2.46 bits per heavy atom. The second-order valence-electron chi connectivity index (χ2n) is 7.34. The van der Waals surface area contributed by atoms with E-state index in [0.29, 0.717) is 42.2 Å². The molecule has 1 heterocycles. The van der Waals surface area contributed by atoms with Gasteiger partial charge in [-0.05, 0) is 71.9 Å². The second kappa shape index (κ2) is 12.2. The summed E-state index contributed by atoms with van der Waals surface area (Å²) in [5.41, 5.74) is 1.94. The van der Waals surface area contributed by atoms with Crippen LogP contribution in [0.2, 0.25) is 15.1 Å². The molecule has 0 aliphatic carbocycles. The maximum Gasteiger partial charge on any atom is 0.342 e. The third kappa shape index (κ3) is 7.00. The monoisotopic (exact) mass is 640 g/mol. The first-order valence-electron chi connectivity index (χ1n) is 10.4. The number of hydrogen-bond donors (Lipinski definition) is 1. The zero-order valence-electron chi connectivity index (χ0n) is 18.9. The summed E-state index contributed by atoms with van der Waals surface area (Å²) in [6, 6.07) is 15.3. The lowest BCUT2D eigenvalue weighted by Gasteiger charge is -2.14. The third-order valence-corrected chi connectivity index (χ3v) is 7.25. The molecule has 1 N–H and O–H groups in total. The highest BCUT2D eigenvalue weighted by molar-refractivity contribution is 9.10. The predicted octanol–water partition coefficient (Wildman–Crippen LogP) is 8.26. The van der Waals surface area contributed by atoms with Crippen LogP contribution >= 0.6 is 62.5 Å². The number of nitrogens with zero attached hydrogens (tertiary/aromatic N) is 2. The van der Waals surface area contributed by atoms with Gasteiger partial charge in [-0.2, -0.15) is 0 Å². The summed E-state index contributed by atoms with van der Waals surface area (Å²) in [5.74, 6) is -0.0856. The Balaban J connectivity index is 1.56. The summed E-state index contributed by atoms with van der Waals surface area (Å²) in [4.78, 5) is 11.9. The lowest BCUT2D eigenvalue weighted by Crippen LogP contribution is -2.00. The van der Waals surface area contributed by atoms with Gasteiger partial charge < -0.3 is 19.0 Å². The van der Waals surface area contributed by atoms with Gasteiger partial charge in [0.25, 0.3) is 5.22 Å². The van der Waals surface area contributed by atoms with Gasteiger partial charge in [-0.15, -0.1) is 10.2 Å². The van der Waals surface area contributed by atoms with E-state index < -0.39 is 5.97 Å². The molecule has 190 valence electrons. The summed E-state index contributed by atoms with van der Waals surface area (Å²) in [5, 5.41) is 19.4. The number of ether oxygens (including phenoxy) is 2. The number of rotatable bonds is 9. The molecule has 0 radical (unpaired) electrons. The molecule has 0 saturated heterocycles. The number of hydrogen-bond acceptors (Lipinski definition) is 7. The molecule has 0 spiro atoms. The second-order valence-corrected chi connectivity index (χ2v) is 10.5. The van der Waals surface area contributed by atoms with Gasteiger partial charge in [-0.25, -0.2) is 4.79 Å². The van der Waals surface area contributed by atoms with Crippen molar-refractivity contribution in [2.75, 3.05) is 7.11 Å². The van der Waals surface area contributed by atoms with Gasteiger partial charge in [-0.3, -0.25) is 0 Å². The Morgan fingerprint density at radius 1 is 1.05 bits per heavy atom. The van der Waals surface area contributed by atoms with Crippen LogP contribution in [-0.2, 0) is 11.4 Å². The van der Waals surface area contributed by atoms with Crippen molar-refractivity contribution in [3.63, 3.8) is 0 Å². The van der Waals surface area contributed by atoms with Gasteiger partial charge in [0.1, 0.15) is 11.5 Å². The number of methoxy groups -OCH3 is 1. The molecule has 0 bridgehead atoms. The molecular formula is C25H16BrCl3N2O5S. The molecular weight excluding hydrogens is 627 g/mol. The molecule has 4 rings (SSSR count). The number of thioether (sulfide) groups is 1. The number of carboxylic acid groups (broad SMARTS) is 1. The highest BCUT2D eigenvalue weighted by Gasteiger charge is 2.18. The molecule has 3 aromatic carbocycles. The Hall–Kier alpha value is -2.69. The zero-order valence-corrected chi connectivity index (χ0v) is 23.5. The van der Waals surface area contributed by atoms with Crippen LogP contribution in [0.15, 0.2) is 73.6 Å². The van der Waals surface area contributed by atoms with Crippen molar-refractivity contribution < 1.29 is 23.8 Å². The largest absolute Gasteiger partial charge is 0.493 e. The first-order chi connectivity index (χ1) is 17.7. The number of benzene rings is 3. The smallest absolute Gasteiger partial charge is 0.342 e. The minimum Gasteiger partial charge on any atom is -0.493 e. The SMILES string of the molecule is COc1cc(/C=C(\Sc2nnc(-c3ccc(Cl)cc3)o2)C(=O)O)c(Br)cc1OCc1ccc(Cl)cc1Cl. The zero-order chi connectivity index (χ0) is 26.5. The van der Waals surface area contributed by atoms with E-state index in [0.717, 1.165) is 17.3 Å². The van der Waals surface area contributed by atoms with Gasteiger partial charge in [0.2, 0.25) is 5.89 Å². The van der Waals surface area contributed by atoms with Crippen molar-refractivity contribution in [2.24, 2.45) is 0 Å². The normalized spacial score (nSPS) is 11.4. The van der Waals surface area contributed by atoms with Gasteiger partial charge in [0.15, 0.2) is 11.5 Å². The fraction of sp³-hybridized carbons (Fsp3) is 0.0800. The van der Waals surface area contributed by atoms with Crippen LogP contribution in [-0.4, -0.2) is 28.4 Å². The first-order valence-corrected chi connectivity index (χ1v) is 13.1. The molecule has 4 aromatic rings. The number of halogens is 4. The van der Waals surface area contributed by atoms with Gasteiger partial charge in [-0.1, -0.05) is 56.8 Å². The molecule has 37 heavy (non-hydrogen) atoms. The average molecular weight is 643 g/mol. The molecule has 0 saturated carbocycles. The maximum absolute atomic E-state index is 12.0. The lowest BCUT2D eigenvalue weighted by molar-refractivity contribution is -0.131. The Kier molecular flexibility index (Phi) is 9.04. The molecule has 7 nitrogen and oxygen atoms in total. The molecule has 0 amide bonds. The summed E-state index contributed by atoms with van der Waals surface area (Å²) in [6.07, 6.45) is 1.46. The Bertz CT molecular complexity index is 1480. The van der Waals surface area contributed by atoms with E-state index in [2.05, 4.69) is 26.1 Å². The molecule has 0 aliphatic rings. The van der Waals surface area contributed by atoms with E-state index in [1.54, 1.807) is 54.6 Å². The molecule has 0 fully saturated rings. The van der Waals surface area contributed by atoms with Crippen LogP contribution in [0.1, 0.15) is 11.1 Å². The van der Waals surface area contributed by atoms with Crippen molar-refractivity contribution >= 4 is 74.5 Å². The minimum absolute atomic E-state index is 0.0457. The van der Waals surface area contributed by atoms with E-state index in [4.69, 9.17) is 48.7 Å². The maximum atomic E-state index is 12.0. The summed E-state index contributed by atoms with van der Waals surface area (Å²) >= 11 is 22.4. The van der Waals surface area contributed by atoms with Crippen LogP contribution in [0.25, 0.3) is 17.5 Å². The average Bonchev–Trinajstić information content (AvgIpc) is 3.33. The molecule has 0 atom stereocenters. The van der Waals surface area contributed by atoms with Crippen molar-refractivity contribution in [2.45, 2.75) is 11.8 Å². The van der Waals surface area contributed by atoms with Crippen molar-refractivity contribution in [1.82, 2.24) is 10.2 Å². The Morgan fingerprint density at radius 2 is 1.78 bits per heavy atom. The van der Waals surface area contributed by atoms with Crippen LogP contribution in [0, 0.1) is 0 Å². The molecule has 1 aromatic heterocycles. The van der Waals surface area contributed by atoms with E-state index in [1.165, 1.54) is 13.2 Å². The number of aromatic nitrogens is 2. The third-order valence-electron chi connectivity index (χ3n) is 4.87. The van der Waals surface area contributed by atoms with Gasteiger partial charge in [0.05, 0.1) is 7.11 Å². The Labute approximate surface area is 239 Å². The number of aliphatic carboxylic acids is 1. The van der Waals surface area contributed by atoms with Crippen LogP contribution in [0.4, 0.5) is 0 Å². The lowest BCUT2D eigenvalue weighted by atomic mass is 10.2. The highest BCUT2D eigenvalue weighted by atomic mass is 79.9. The predicted molar refractivity (Wildman–Crippen MR) is 148 cm³/mol.